The van der Waals surface area contributed by atoms with Crippen LogP contribution in [0.5, 0.6) is 0 Å². The molecule has 66 valence electrons. The SMILES string of the molecule is Cc1ccc(C(F)F)c(F)c1Cl. The van der Waals surface area contributed by atoms with Gasteiger partial charge in [0, 0.05) is 0 Å². The number of benzene rings is 1. The first-order valence-electron chi connectivity index (χ1n) is 3.26. The Bertz CT molecular complexity index is 297. The van der Waals surface area contributed by atoms with E-state index >= 15 is 0 Å². The number of rotatable bonds is 1. The number of hydrogen-bond donors (Lipinski definition) is 0. The van der Waals surface area contributed by atoms with Crippen molar-refractivity contribution >= 4 is 11.6 Å². The van der Waals surface area contributed by atoms with Crippen molar-refractivity contribution in [3.63, 3.8) is 0 Å². The fraction of sp³-hybridized carbons (Fsp3) is 0.250. The van der Waals surface area contributed by atoms with Crippen LogP contribution in [0.3, 0.4) is 0 Å². The van der Waals surface area contributed by atoms with E-state index in [0.717, 1.165) is 6.07 Å². The van der Waals surface area contributed by atoms with Crippen LogP contribution in [0.2, 0.25) is 5.02 Å². The second kappa shape index (κ2) is 3.35. The molecule has 1 rings (SSSR count). The molecule has 0 fully saturated rings. The second-order valence-corrected chi connectivity index (χ2v) is 2.78. The summed E-state index contributed by atoms with van der Waals surface area (Å²) in [5.41, 5.74) is -0.191. The first kappa shape index (κ1) is 9.39. The van der Waals surface area contributed by atoms with Crippen molar-refractivity contribution in [2.24, 2.45) is 0 Å². The standard InChI is InChI=1S/C8H6ClF3/c1-4-2-3-5(8(11)12)7(10)6(4)9/h2-3,8H,1H3. The first-order valence-corrected chi connectivity index (χ1v) is 3.64. The molecule has 0 amide bonds. The van der Waals surface area contributed by atoms with Gasteiger partial charge in [0.25, 0.3) is 6.43 Å². The Morgan fingerprint density at radius 1 is 1.33 bits per heavy atom. The molecular weight excluding hydrogens is 189 g/mol. The van der Waals surface area contributed by atoms with E-state index < -0.39 is 17.8 Å². The third-order valence-corrected chi connectivity index (χ3v) is 2.00. The lowest BCUT2D eigenvalue weighted by Crippen LogP contribution is -1.92. The van der Waals surface area contributed by atoms with Crippen molar-refractivity contribution in [3.05, 3.63) is 34.1 Å². The zero-order valence-corrected chi connectivity index (χ0v) is 7.00. The summed E-state index contributed by atoms with van der Waals surface area (Å²) in [6.07, 6.45) is -2.82. The van der Waals surface area contributed by atoms with Gasteiger partial charge in [-0.25, -0.2) is 13.2 Å². The van der Waals surface area contributed by atoms with Gasteiger partial charge in [0.05, 0.1) is 10.6 Å². The maximum atomic E-state index is 12.9. The number of halogens is 4. The minimum Gasteiger partial charge on any atom is -0.205 e. The largest absolute Gasteiger partial charge is 0.266 e. The molecule has 0 unspecified atom stereocenters. The molecule has 0 aliphatic carbocycles. The fourth-order valence-electron chi connectivity index (χ4n) is 0.829. The lowest BCUT2D eigenvalue weighted by Gasteiger charge is -2.04. The van der Waals surface area contributed by atoms with Gasteiger partial charge in [0.1, 0.15) is 0 Å². The van der Waals surface area contributed by atoms with Gasteiger partial charge < -0.3 is 0 Å². The van der Waals surface area contributed by atoms with Gasteiger partial charge in [0.15, 0.2) is 5.82 Å². The molecule has 0 aliphatic rings. The van der Waals surface area contributed by atoms with E-state index in [1.165, 1.54) is 6.07 Å². The third kappa shape index (κ3) is 1.55. The van der Waals surface area contributed by atoms with Crippen LogP contribution < -0.4 is 0 Å². The lowest BCUT2D eigenvalue weighted by molar-refractivity contribution is 0.146. The smallest absolute Gasteiger partial charge is 0.205 e. The van der Waals surface area contributed by atoms with E-state index in [1.54, 1.807) is 6.92 Å². The Labute approximate surface area is 73.0 Å². The summed E-state index contributed by atoms with van der Waals surface area (Å²) in [5.74, 6) is -1.02. The highest BCUT2D eigenvalue weighted by Crippen LogP contribution is 2.28. The van der Waals surface area contributed by atoms with Gasteiger partial charge in [0.2, 0.25) is 0 Å². The molecule has 0 radical (unpaired) electrons. The van der Waals surface area contributed by atoms with Crippen LogP contribution in [0.1, 0.15) is 17.6 Å². The maximum Gasteiger partial charge on any atom is 0.266 e. The lowest BCUT2D eigenvalue weighted by atomic mass is 10.1. The summed E-state index contributed by atoms with van der Waals surface area (Å²) in [6.45, 7) is 1.56. The topological polar surface area (TPSA) is 0 Å². The van der Waals surface area contributed by atoms with Crippen molar-refractivity contribution < 1.29 is 13.2 Å². The Hall–Kier alpha value is -0.700. The monoisotopic (exact) mass is 194 g/mol. The van der Waals surface area contributed by atoms with Crippen molar-refractivity contribution in [2.45, 2.75) is 13.3 Å². The van der Waals surface area contributed by atoms with Crippen molar-refractivity contribution in [1.82, 2.24) is 0 Å². The van der Waals surface area contributed by atoms with Gasteiger partial charge in [-0.15, -0.1) is 0 Å². The zero-order chi connectivity index (χ0) is 9.30. The van der Waals surface area contributed by atoms with Crippen LogP contribution in [0.15, 0.2) is 12.1 Å². The van der Waals surface area contributed by atoms with Crippen molar-refractivity contribution in [2.75, 3.05) is 0 Å². The summed E-state index contributed by atoms with van der Waals surface area (Å²) in [6, 6.07) is 2.41. The van der Waals surface area contributed by atoms with Crippen LogP contribution in [0.4, 0.5) is 13.2 Å². The molecule has 1 aromatic carbocycles. The van der Waals surface area contributed by atoms with E-state index in [2.05, 4.69) is 0 Å². The summed E-state index contributed by atoms with van der Waals surface area (Å²) >= 11 is 5.42. The molecule has 4 heteroatoms. The van der Waals surface area contributed by atoms with E-state index in [0.29, 0.717) is 5.56 Å². The van der Waals surface area contributed by atoms with Crippen LogP contribution in [-0.2, 0) is 0 Å². The molecule has 1 aromatic rings. The number of aryl methyl sites for hydroxylation is 1. The predicted octanol–water partition coefficient (Wildman–Crippen LogP) is 3.73. The highest BCUT2D eigenvalue weighted by molar-refractivity contribution is 6.31. The molecule has 0 saturated heterocycles. The van der Waals surface area contributed by atoms with Crippen molar-refractivity contribution in [3.8, 4) is 0 Å². The van der Waals surface area contributed by atoms with Crippen LogP contribution >= 0.6 is 11.6 Å². The molecule has 0 aliphatic heterocycles. The molecule has 0 spiro atoms. The molecule has 0 aromatic heterocycles. The average molecular weight is 195 g/mol. The van der Waals surface area contributed by atoms with Gasteiger partial charge in [-0.3, -0.25) is 0 Å². The molecule has 0 saturated carbocycles. The zero-order valence-electron chi connectivity index (χ0n) is 6.24. The molecule has 0 N–H and O–H groups in total. The molecule has 0 bridgehead atoms. The van der Waals surface area contributed by atoms with E-state index in [1.807, 2.05) is 0 Å². The van der Waals surface area contributed by atoms with Crippen LogP contribution in [-0.4, -0.2) is 0 Å². The quantitative estimate of drug-likeness (QED) is 0.639. The van der Waals surface area contributed by atoms with Crippen LogP contribution in [0.25, 0.3) is 0 Å². The summed E-state index contributed by atoms with van der Waals surface area (Å²) in [7, 11) is 0. The molecule has 12 heavy (non-hydrogen) atoms. The van der Waals surface area contributed by atoms with Crippen molar-refractivity contribution in [1.29, 1.82) is 0 Å². The first-order chi connectivity index (χ1) is 5.54. The highest BCUT2D eigenvalue weighted by atomic mass is 35.5. The number of hydrogen-bond acceptors (Lipinski definition) is 0. The Morgan fingerprint density at radius 3 is 2.42 bits per heavy atom. The van der Waals surface area contributed by atoms with E-state index in [4.69, 9.17) is 11.6 Å². The molecule has 0 nitrogen and oxygen atoms in total. The van der Waals surface area contributed by atoms with Crippen LogP contribution in [0, 0.1) is 12.7 Å². The summed E-state index contributed by atoms with van der Waals surface area (Å²) < 4.78 is 37.0. The van der Waals surface area contributed by atoms with Gasteiger partial charge in [-0.1, -0.05) is 23.7 Å². The van der Waals surface area contributed by atoms with E-state index in [9.17, 15) is 13.2 Å². The van der Waals surface area contributed by atoms with E-state index in [-0.39, 0.29) is 5.02 Å². The second-order valence-electron chi connectivity index (χ2n) is 2.40. The highest BCUT2D eigenvalue weighted by Gasteiger charge is 2.16. The Kier molecular flexibility index (Phi) is 2.62. The maximum absolute atomic E-state index is 12.9. The molecule has 0 atom stereocenters. The number of alkyl halides is 2. The predicted molar refractivity (Wildman–Crippen MR) is 41.1 cm³/mol. The Morgan fingerprint density at radius 2 is 1.92 bits per heavy atom. The Balaban J connectivity index is 3.27. The third-order valence-electron chi connectivity index (χ3n) is 1.54. The fourth-order valence-corrected chi connectivity index (χ4v) is 1.00. The summed E-state index contributed by atoms with van der Waals surface area (Å²) in [5, 5.41) is -0.229. The normalized spacial score (nSPS) is 10.8. The minimum atomic E-state index is -2.82. The average Bonchev–Trinajstić information content (AvgIpc) is 2.00. The van der Waals surface area contributed by atoms with Gasteiger partial charge in [-0.2, -0.15) is 0 Å². The minimum absolute atomic E-state index is 0.229. The molecule has 0 heterocycles. The van der Waals surface area contributed by atoms with Gasteiger partial charge >= 0.3 is 0 Å². The summed E-state index contributed by atoms with van der Waals surface area (Å²) in [4.78, 5) is 0. The van der Waals surface area contributed by atoms with Gasteiger partial charge in [-0.05, 0) is 12.5 Å². The molecular formula is C8H6ClF3.